The molecule has 0 aliphatic heterocycles. The summed E-state index contributed by atoms with van der Waals surface area (Å²) in [6, 6.07) is 5.32. The average Bonchev–Trinajstić information content (AvgIpc) is 2.39. The SMILES string of the molecule is COCC(CCO)NC(=O)c1ccccc1[N+](=O)[O-]. The number of carbonyl (C=O) groups is 1. The van der Waals surface area contributed by atoms with Crippen LogP contribution in [0.5, 0.6) is 0 Å². The van der Waals surface area contributed by atoms with Gasteiger partial charge in [-0.05, 0) is 12.5 Å². The Balaban J connectivity index is 2.85. The lowest BCUT2D eigenvalue weighted by Crippen LogP contribution is -2.38. The molecule has 0 radical (unpaired) electrons. The molecule has 104 valence electrons. The van der Waals surface area contributed by atoms with E-state index < -0.39 is 10.8 Å². The van der Waals surface area contributed by atoms with Crippen LogP contribution < -0.4 is 5.32 Å². The normalized spacial score (nSPS) is 11.9. The summed E-state index contributed by atoms with van der Waals surface area (Å²) in [5.74, 6) is -0.553. The van der Waals surface area contributed by atoms with Gasteiger partial charge in [-0.3, -0.25) is 14.9 Å². The number of amides is 1. The van der Waals surface area contributed by atoms with Gasteiger partial charge < -0.3 is 15.2 Å². The quantitative estimate of drug-likeness (QED) is 0.560. The number of hydrogen-bond acceptors (Lipinski definition) is 5. The molecule has 19 heavy (non-hydrogen) atoms. The van der Waals surface area contributed by atoms with Crippen molar-refractivity contribution < 1.29 is 19.6 Å². The van der Waals surface area contributed by atoms with Crippen LogP contribution in [-0.2, 0) is 4.74 Å². The van der Waals surface area contributed by atoms with Crippen LogP contribution in [0.3, 0.4) is 0 Å². The van der Waals surface area contributed by atoms with E-state index >= 15 is 0 Å². The summed E-state index contributed by atoms with van der Waals surface area (Å²) in [6.45, 7) is 0.123. The van der Waals surface area contributed by atoms with Gasteiger partial charge in [0.1, 0.15) is 5.56 Å². The fourth-order valence-electron chi connectivity index (χ4n) is 1.64. The van der Waals surface area contributed by atoms with E-state index in [1.54, 1.807) is 6.07 Å². The number of hydrogen-bond donors (Lipinski definition) is 2. The summed E-state index contributed by atoms with van der Waals surface area (Å²) in [4.78, 5) is 22.2. The van der Waals surface area contributed by atoms with Crippen molar-refractivity contribution >= 4 is 11.6 Å². The van der Waals surface area contributed by atoms with Gasteiger partial charge in [-0.25, -0.2) is 0 Å². The van der Waals surface area contributed by atoms with Crippen molar-refractivity contribution in [1.29, 1.82) is 0 Å². The van der Waals surface area contributed by atoms with Crippen molar-refractivity contribution in [3.05, 3.63) is 39.9 Å². The second-order valence-corrected chi connectivity index (χ2v) is 3.91. The molecule has 0 spiro atoms. The standard InChI is InChI=1S/C12H16N2O5/c1-19-8-9(6-7-15)13-12(16)10-4-2-3-5-11(10)14(17)18/h2-5,9,15H,6-8H2,1H3,(H,13,16). The van der Waals surface area contributed by atoms with Crippen LogP contribution in [-0.4, -0.2) is 42.3 Å². The molecule has 0 aliphatic rings. The molecular formula is C12H16N2O5. The Kier molecular flexibility index (Phi) is 5.91. The molecule has 0 aliphatic carbocycles. The molecule has 1 unspecified atom stereocenters. The molecule has 1 aromatic rings. The lowest BCUT2D eigenvalue weighted by atomic mass is 10.1. The van der Waals surface area contributed by atoms with Crippen LogP contribution in [0.4, 0.5) is 5.69 Å². The Labute approximate surface area is 110 Å². The zero-order chi connectivity index (χ0) is 14.3. The van der Waals surface area contributed by atoms with Gasteiger partial charge in [-0.2, -0.15) is 0 Å². The highest BCUT2D eigenvalue weighted by Gasteiger charge is 2.21. The smallest absolute Gasteiger partial charge is 0.282 e. The molecule has 0 aromatic heterocycles. The first-order valence-electron chi connectivity index (χ1n) is 5.74. The summed E-state index contributed by atoms with van der Waals surface area (Å²) in [7, 11) is 1.47. The van der Waals surface area contributed by atoms with Gasteiger partial charge in [0.25, 0.3) is 11.6 Å². The van der Waals surface area contributed by atoms with Crippen molar-refractivity contribution in [3.8, 4) is 0 Å². The van der Waals surface area contributed by atoms with E-state index in [0.717, 1.165) is 0 Å². The minimum atomic E-state index is -0.605. The van der Waals surface area contributed by atoms with Gasteiger partial charge in [0.05, 0.1) is 17.6 Å². The second-order valence-electron chi connectivity index (χ2n) is 3.91. The van der Waals surface area contributed by atoms with Crippen molar-refractivity contribution in [2.24, 2.45) is 0 Å². The number of benzene rings is 1. The first-order valence-corrected chi connectivity index (χ1v) is 5.74. The molecule has 1 amide bonds. The number of aliphatic hydroxyl groups is 1. The van der Waals surface area contributed by atoms with Crippen LogP contribution >= 0.6 is 0 Å². The molecular weight excluding hydrogens is 252 g/mol. The minimum absolute atomic E-state index is 0.00783. The lowest BCUT2D eigenvalue weighted by molar-refractivity contribution is -0.385. The van der Waals surface area contributed by atoms with E-state index in [1.807, 2.05) is 0 Å². The number of nitro benzene ring substituents is 1. The molecule has 2 N–H and O–H groups in total. The van der Waals surface area contributed by atoms with E-state index in [0.29, 0.717) is 6.42 Å². The number of nitrogens with zero attached hydrogens (tertiary/aromatic N) is 1. The number of carbonyl (C=O) groups excluding carboxylic acids is 1. The summed E-state index contributed by atoms with van der Waals surface area (Å²) in [5, 5.41) is 22.3. The maximum Gasteiger partial charge on any atom is 0.282 e. The summed E-state index contributed by atoms with van der Waals surface area (Å²) in [5.41, 5.74) is -0.258. The predicted octanol–water partition coefficient (Wildman–Crippen LogP) is 0.722. The minimum Gasteiger partial charge on any atom is -0.396 e. The number of methoxy groups -OCH3 is 1. The zero-order valence-corrected chi connectivity index (χ0v) is 10.5. The van der Waals surface area contributed by atoms with Crippen molar-refractivity contribution in [2.75, 3.05) is 20.3 Å². The monoisotopic (exact) mass is 268 g/mol. The van der Waals surface area contributed by atoms with Crippen molar-refractivity contribution in [2.45, 2.75) is 12.5 Å². The van der Waals surface area contributed by atoms with Gasteiger partial charge in [0.15, 0.2) is 0 Å². The number of para-hydroxylation sites is 1. The van der Waals surface area contributed by atoms with Crippen LogP contribution in [0, 0.1) is 10.1 Å². The summed E-state index contributed by atoms with van der Waals surface area (Å²) < 4.78 is 4.91. The van der Waals surface area contributed by atoms with Gasteiger partial charge in [0, 0.05) is 19.8 Å². The average molecular weight is 268 g/mol. The van der Waals surface area contributed by atoms with Crippen LogP contribution in [0.15, 0.2) is 24.3 Å². The number of nitrogens with one attached hydrogen (secondary N) is 1. The molecule has 1 rings (SSSR count). The van der Waals surface area contributed by atoms with Gasteiger partial charge in [-0.1, -0.05) is 12.1 Å². The van der Waals surface area contributed by atoms with Gasteiger partial charge in [0.2, 0.25) is 0 Å². The van der Waals surface area contributed by atoms with Crippen LogP contribution in [0.2, 0.25) is 0 Å². The Morgan fingerprint density at radius 3 is 2.79 bits per heavy atom. The number of ether oxygens (including phenoxy) is 1. The Hall–Kier alpha value is -1.99. The predicted molar refractivity (Wildman–Crippen MR) is 67.9 cm³/mol. The Bertz CT molecular complexity index is 444. The Morgan fingerprint density at radius 1 is 1.53 bits per heavy atom. The molecule has 0 bridgehead atoms. The third kappa shape index (κ3) is 4.31. The lowest BCUT2D eigenvalue weighted by Gasteiger charge is -2.16. The highest BCUT2D eigenvalue weighted by Crippen LogP contribution is 2.17. The molecule has 0 fully saturated rings. The van der Waals surface area contributed by atoms with E-state index in [9.17, 15) is 14.9 Å². The first-order chi connectivity index (χ1) is 9.10. The van der Waals surface area contributed by atoms with E-state index in [2.05, 4.69) is 5.32 Å². The molecule has 0 saturated carbocycles. The third-order valence-electron chi connectivity index (χ3n) is 2.53. The molecule has 7 nitrogen and oxygen atoms in total. The van der Waals surface area contributed by atoms with E-state index in [-0.39, 0.29) is 30.5 Å². The molecule has 1 atom stereocenters. The molecule has 0 saturated heterocycles. The fraction of sp³-hybridized carbons (Fsp3) is 0.417. The number of rotatable bonds is 7. The maximum absolute atomic E-state index is 12.0. The second kappa shape index (κ2) is 7.45. The zero-order valence-electron chi connectivity index (χ0n) is 10.5. The fourth-order valence-corrected chi connectivity index (χ4v) is 1.64. The third-order valence-corrected chi connectivity index (χ3v) is 2.53. The summed E-state index contributed by atoms with van der Waals surface area (Å²) >= 11 is 0. The summed E-state index contributed by atoms with van der Waals surface area (Å²) in [6.07, 6.45) is 0.320. The highest BCUT2D eigenvalue weighted by atomic mass is 16.6. The molecule has 0 heterocycles. The number of nitro groups is 1. The van der Waals surface area contributed by atoms with E-state index in [4.69, 9.17) is 9.84 Å². The van der Waals surface area contributed by atoms with Crippen molar-refractivity contribution in [1.82, 2.24) is 5.32 Å². The maximum atomic E-state index is 12.0. The van der Waals surface area contributed by atoms with Crippen LogP contribution in [0.25, 0.3) is 0 Å². The first kappa shape index (κ1) is 15.1. The van der Waals surface area contributed by atoms with Gasteiger partial charge in [-0.15, -0.1) is 0 Å². The highest BCUT2D eigenvalue weighted by molar-refractivity contribution is 5.98. The topological polar surface area (TPSA) is 102 Å². The number of aliphatic hydroxyl groups excluding tert-OH is 1. The van der Waals surface area contributed by atoms with E-state index in [1.165, 1.54) is 25.3 Å². The molecule has 7 heteroatoms. The van der Waals surface area contributed by atoms with Gasteiger partial charge >= 0.3 is 0 Å². The van der Waals surface area contributed by atoms with Crippen LogP contribution in [0.1, 0.15) is 16.8 Å². The Morgan fingerprint density at radius 2 is 2.21 bits per heavy atom. The largest absolute Gasteiger partial charge is 0.396 e. The van der Waals surface area contributed by atoms with Crippen molar-refractivity contribution in [3.63, 3.8) is 0 Å². The molecule has 1 aromatic carbocycles.